The summed E-state index contributed by atoms with van der Waals surface area (Å²) in [5, 5.41) is 6.11. The smallest absolute Gasteiger partial charge is 0.380 e. The summed E-state index contributed by atoms with van der Waals surface area (Å²) in [5.74, 6) is -1.77. The average Bonchev–Trinajstić information content (AvgIpc) is 3.79. The Morgan fingerprint density at radius 1 is 1.00 bits per heavy atom. The number of benzene rings is 2. The Balaban J connectivity index is 1.29. The highest BCUT2D eigenvalue weighted by atomic mass is 32.2. The molecule has 2 bridgehead atoms. The summed E-state index contributed by atoms with van der Waals surface area (Å²) in [4.78, 5) is 29.3. The van der Waals surface area contributed by atoms with Gasteiger partial charge in [0.05, 0.1) is 22.1 Å². The third-order valence-electron chi connectivity index (χ3n) is 8.54. The summed E-state index contributed by atoms with van der Waals surface area (Å²) in [6.45, 7) is 5.70. The molecule has 2 amide bonds. The number of nitrogens with one attached hydrogen (secondary N) is 2. The van der Waals surface area contributed by atoms with Crippen LogP contribution in [-0.4, -0.2) is 49.0 Å². The van der Waals surface area contributed by atoms with E-state index in [2.05, 4.69) is 10.6 Å². The van der Waals surface area contributed by atoms with Gasteiger partial charge in [-0.05, 0) is 87.6 Å². The van der Waals surface area contributed by atoms with E-state index in [0.717, 1.165) is 18.4 Å². The highest BCUT2D eigenvalue weighted by Crippen LogP contribution is 2.78. The van der Waals surface area contributed by atoms with Crippen molar-refractivity contribution >= 4 is 27.3 Å². The number of sulfone groups is 1. The van der Waals surface area contributed by atoms with E-state index in [1.165, 1.54) is 17.0 Å². The van der Waals surface area contributed by atoms with Gasteiger partial charge in [0.2, 0.25) is 5.91 Å². The first-order chi connectivity index (χ1) is 19.0. The van der Waals surface area contributed by atoms with E-state index in [1.807, 2.05) is 20.8 Å². The number of carbonyl (C=O) groups excluding carboxylic acids is 2. The number of fused-ring (bicyclic) bond motifs is 1. The number of alkyl halides is 3. The van der Waals surface area contributed by atoms with Crippen molar-refractivity contribution in [2.75, 3.05) is 11.6 Å². The molecular weight excluding hydrogens is 562 g/mol. The van der Waals surface area contributed by atoms with Gasteiger partial charge < -0.3 is 15.5 Å². The second-order valence-corrected chi connectivity index (χ2v) is 14.8. The summed E-state index contributed by atoms with van der Waals surface area (Å²) < 4.78 is 78.8. The Hall–Kier alpha value is -3.15. The summed E-state index contributed by atoms with van der Waals surface area (Å²) in [7, 11) is -3.62. The van der Waals surface area contributed by atoms with Gasteiger partial charge in [-0.1, -0.05) is 6.07 Å². The van der Waals surface area contributed by atoms with Gasteiger partial charge in [-0.3, -0.25) is 9.59 Å². The van der Waals surface area contributed by atoms with E-state index in [1.54, 1.807) is 6.07 Å². The van der Waals surface area contributed by atoms with E-state index in [4.69, 9.17) is 0 Å². The van der Waals surface area contributed by atoms with Crippen LogP contribution in [0.2, 0.25) is 0 Å². The van der Waals surface area contributed by atoms with Crippen molar-refractivity contribution in [2.45, 2.75) is 68.3 Å². The molecule has 2 heterocycles. The molecule has 2 aromatic rings. The highest BCUT2D eigenvalue weighted by Gasteiger charge is 2.86. The highest BCUT2D eigenvalue weighted by molar-refractivity contribution is 7.90. The van der Waals surface area contributed by atoms with Crippen LogP contribution in [0.1, 0.15) is 61.1 Å². The molecule has 0 radical (unpaired) electrons. The number of hydrogen-bond donors (Lipinski definition) is 2. The predicted octanol–water partition coefficient (Wildman–Crippen LogP) is 4.79. The molecule has 7 nitrogen and oxygen atoms in total. The molecule has 3 saturated carbocycles. The van der Waals surface area contributed by atoms with E-state index >= 15 is 0 Å². The standard InChI is InChI=1S/C29H31F4N3O4S/c1-28(2,3)35-19-10-8-15(41(4,39)40)12-17(19)27(38)36-24-20-21(24)22(20)25(36)26(37)34-23(13-5-6-13)16-9-7-14(11-18(16)30)29(31,32)33/h7-13,20-25,35H,5-6H2,1-4H3,(H,34,37)/t20-,21?,22?,23-,24+,25-/m1/s1. The maximum Gasteiger partial charge on any atom is 0.416 e. The molecule has 0 spiro atoms. The molecule has 41 heavy (non-hydrogen) atoms. The minimum atomic E-state index is -4.69. The zero-order valence-electron chi connectivity index (χ0n) is 22.9. The van der Waals surface area contributed by atoms with Crippen LogP contribution >= 0.6 is 0 Å². The number of rotatable bonds is 7. The van der Waals surface area contributed by atoms with E-state index < -0.39 is 56.8 Å². The van der Waals surface area contributed by atoms with Crippen LogP contribution in [0.4, 0.5) is 23.2 Å². The number of hydrogen-bond acceptors (Lipinski definition) is 5. The van der Waals surface area contributed by atoms with Gasteiger partial charge in [-0.2, -0.15) is 13.2 Å². The fourth-order valence-corrected chi connectivity index (χ4v) is 7.07. The SMILES string of the molecule is CC(C)(C)Nc1ccc(S(C)(=O)=O)cc1C(=O)N1[C@@H]2C3C([C@@H]32)[C@@H]1C(=O)N[C@@H](c1ccc(C(F)(F)F)cc1F)C1CC1. The molecule has 0 aromatic heterocycles. The largest absolute Gasteiger partial charge is 0.416 e. The Morgan fingerprint density at radius 2 is 1.66 bits per heavy atom. The quantitative estimate of drug-likeness (QED) is 0.450. The summed E-state index contributed by atoms with van der Waals surface area (Å²) in [6, 6.07) is 4.86. The number of carbonyl (C=O) groups is 2. The van der Waals surface area contributed by atoms with Crippen molar-refractivity contribution in [2.24, 2.45) is 23.7 Å². The second-order valence-electron chi connectivity index (χ2n) is 12.8. The maximum atomic E-state index is 14.9. The topological polar surface area (TPSA) is 95.6 Å². The number of piperidine rings is 1. The van der Waals surface area contributed by atoms with Crippen LogP contribution in [0.3, 0.4) is 0 Å². The second kappa shape index (κ2) is 8.92. The van der Waals surface area contributed by atoms with Crippen LogP contribution in [-0.2, 0) is 20.8 Å². The van der Waals surface area contributed by atoms with Crippen LogP contribution in [0.15, 0.2) is 41.3 Å². The molecular formula is C29H31F4N3O4S. The molecule has 2 saturated heterocycles. The van der Waals surface area contributed by atoms with Gasteiger partial charge in [0, 0.05) is 29.1 Å². The number of anilines is 1. The van der Waals surface area contributed by atoms with Crippen LogP contribution in [0.25, 0.3) is 0 Å². The predicted molar refractivity (Wildman–Crippen MR) is 142 cm³/mol. The lowest BCUT2D eigenvalue weighted by Crippen LogP contribution is -2.48. The monoisotopic (exact) mass is 593 g/mol. The molecule has 5 fully saturated rings. The number of halogens is 4. The van der Waals surface area contributed by atoms with E-state index in [0.29, 0.717) is 24.6 Å². The van der Waals surface area contributed by atoms with Crippen molar-refractivity contribution < 1.29 is 35.6 Å². The minimum Gasteiger partial charge on any atom is -0.380 e. The molecule has 7 rings (SSSR count). The zero-order valence-corrected chi connectivity index (χ0v) is 23.7. The molecule has 12 heteroatoms. The zero-order chi connectivity index (χ0) is 29.8. The lowest BCUT2D eigenvalue weighted by atomic mass is 9.98. The van der Waals surface area contributed by atoms with Crippen molar-refractivity contribution in [1.29, 1.82) is 0 Å². The summed E-state index contributed by atoms with van der Waals surface area (Å²) >= 11 is 0. The minimum absolute atomic E-state index is 0.0121. The van der Waals surface area contributed by atoms with Crippen LogP contribution < -0.4 is 10.6 Å². The van der Waals surface area contributed by atoms with Gasteiger partial charge in [-0.15, -0.1) is 0 Å². The molecule has 3 aliphatic carbocycles. The Bertz CT molecular complexity index is 1550. The third kappa shape index (κ3) is 4.97. The first kappa shape index (κ1) is 28.0. The number of amides is 2. The van der Waals surface area contributed by atoms with Crippen LogP contribution in [0, 0.1) is 29.5 Å². The molecule has 5 aliphatic rings. The van der Waals surface area contributed by atoms with Gasteiger partial charge in [0.1, 0.15) is 11.9 Å². The Kier molecular flexibility index (Phi) is 6.09. The van der Waals surface area contributed by atoms with Gasteiger partial charge in [0.15, 0.2) is 9.84 Å². The first-order valence-electron chi connectivity index (χ1n) is 13.6. The summed E-state index contributed by atoms with van der Waals surface area (Å²) in [6.07, 6.45) is -2.26. The van der Waals surface area contributed by atoms with Gasteiger partial charge in [0.25, 0.3) is 5.91 Å². The summed E-state index contributed by atoms with van der Waals surface area (Å²) in [5.41, 5.74) is -0.981. The van der Waals surface area contributed by atoms with Gasteiger partial charge >= 0.3 is 6.18 Å². The van der Waals surface area contributed by atoms with Crippen molar-refractivity contribution in [3.8, 4) is 0 Å². The van der Waals surface area contributed by atoms with E-state index in [-0.39, 0.29) is 45.7 Å². The average molecular weight is 594 g/mol. The number of nitrogens with zero attached hydrogens (tertiary/aromatic N) is 1. The lowest BCUT2D eigenvalue weighted by molar-refractivity contribution is -0.137. The normalized spacial score (nSPS) is 27.2. The maximum absolute atomic E-state index is 14.9. The first-order valence-corrected chi connectivity index (χ1v) is 15.5. The lowest BCUT2D eigenvalue weighted by Gasteiger charge is -2.29. The van der Waals surface area contributed by atoms with Crippen LogP contribution in [0.5, 0.6) is 0 Å². The Morgan fingerprint density at radius 3 is 2.20 bits per heavy atom. The molecule has 2 N–H and O–H groups in total. The molecule has 2 aromatic carbocycles. The fraction of sp³-hybridized carbons (Fsp3) is 0.517. The molecule has 6 atom stereocenters. The molecule has 2 unspecified atom stereocenters. The van der Waals surface area contributed by atoms with Crippen molar-refractivity contribution in [3.05, 3.63) is 58.9 Å². The van der Waals surface area contributed by atoms with Gasteiger partial charge in [-0.25, -0.2) is 12.8 Å². The van der Waals surface area contributed by atoms with E-state index in [9.17, 15) is 35.6 Å². The van der Waals surface area contributed by atoms with Crippen molar-refractivity contribution in [1.82, 2.24) is 10.2 Å². The molecule has 220 valence electrons. The van der Waals surface area contributed by atoms with Crippen molar-refractivity contribution in [3.63, 3.8) is 0 Å². The Labute approximate surface area is 235 Å². The molecule has 2 aliphatic heterocycles. The third-order valence-corrected chi connectivity index (χ3v) is 9.65. The fourth-order valence-electron chi connectivity index (χ4n) is 6.42.